The average Bonchev–Trinajstić information content (AvgIpc) is 2.77. The van der Waals surface area contributed by atoms with Gasteiger partial charge in [0.2, 0.25) is 0 Å². The molecule has 0 radical (unpaired) electrons. The molecule has 0 saturated heterocycles. The molecule has 0 bridgehead atoms. The van der Waals surface area contributed by atoms with Gasteiger partial charge in [-0.3, -0.25) is 9.59 Å². The Bertz CT molecular complexity index is 1000. The molecule has 0 fully saturated rings. The predicted molar refractivity (Wildman–Crippen MR) is 119 cm³/mol. The molecule has 2 N–H and O–H groups in total. The van der Waals surface area contributed by atoms with E-state index in [0.29, 0.717) is 30.0 Å². The molecule has 3 rings (SSSR count). The predicted octanol–water partition coefficient (Wildman–Crippen LogP) is 4.72. The maximum atomic E-state index is 12.7. The fourth-order valence-corrected chi connectivity index (χ4v) is 3.01. The van der Waals surface area contributed by atoms with Crippen molar-refractivity contribution in [3.63, 3.8) is 0 Å². The van der Waals surface area contributed by atoms with E-state index >= 15 is 0 Å². The number of amides is 2. The lowest BCUT2D eigenvalue weighted by Gasteiger charge is -2.18. The van der Waals surface area contributed by atoms with Gasteiger partial charge in [0.1, 0.15) is 5.75 Å². The Morgan fingerprint density at radius 2 is 1.67 bits per heavy atom. The average molecular weight is 402 g/mol. The Kier molecular flexibility index (Phi) is 7.22. The number of hydrogen-bond acceptors (Lipinski definition) is 3. The number of anilines is 1. The van der Waals surface area contributed by atoms with Gasteiger partial charge in [-0.05, 0) is 48.7 Å². The molecule has 0 spiro atoms. The van der Waals surface area contributed by atoms with Crippen molar-refractivity contribution in [2.24, 2.45) is 0 Å². The Hall–Kier alpha value is -3.60. The summed E-state index contributed by atoms with van der Waals surface area (Å²) in [6, 6.07) is 24.2. The highest BCUT2D eigenvalue weighted by molar-refractivity contribution is 5.98. The van der Waals surface area contributed by atoms with Crippen LogP contribution in [0.1, 0.15) is 34.8 Å². The lowest BCUT2D eigenvalue weighted by atomic mass is 10.1. The van der Waals surface area contributed by atoms with E-state index in [4.69, 9.17) is 4.74 Å². The van der Waals surface area contributed by atoms with Gasteiger partial charge in [-0.2, -0.15) is 0 Å². The van der Waals surface area contributed by atoms with Crippen LogP contribution in [-0.4, -0.2) is 17.9 Å². The van der Waals surface area contributed by atoms with Crippen molar-refractivity contribution >= 4 is 17.5 Å². The second-order valence-corrected chi connectivity index (χ2v) is 7.02. The van der Waals surface area contributed by atoms with Crippen molar-refractivity contribution in [3.8, 4) is 5.75 Å². The summed E-state index contributed by atoms with van der Waals surface area (Å²) in [5, 5.41) is 5.75. The molecular weight excluding hydrogens is 376 g/mol. The Balaban J connectivity index is 1.62. The quantitative estimate of drug-likeness (QED) is 0.573. The smallest absolute Gasteiger partial charge is 0.265 e. The van der Waals surface area contributed by atoms with Gasteiger partial charge in [0.25, 0.3) is 11.8 Å². The molecule has 30 heavy (non-hydrogen) atoms. The third-order valence-electron chi connectivity index (χ3n) is 4.71. The van der Waals surface area contributed by atoms with E-state index < -0.39 is 6.10 Å². The number of aryl methyl sites for hydroxylation is 1. The van der Waals surface area contributed by atoms with Gasteiger partial charge >= 0.3 is 0 Å². The monoisotopic (exact) mass is 402 g/mol. The summed E-state index contributed by atoms with van der Waals surface area (Å²) in [6.07, 6.45) is -0.0982. The molecule has 0 heterocycles. The number of hydrogen-bond donors (Lipinski definition) is 2. The number of ether oxygens (including phenoxy) is 1. The highest BCUT2D eigenvalue weighted by Gasteiger charge is 2.19. The fourth-order valence-electron chi connectivity index (χ4n) is 3.01. The molecule has 3 aromatic rings. The SMILES string of the molecule is CCC(Oc1ccccc1C)C(=O)Nc1cccc(C(=O)NCc2ccccc2)c1. The van der Waals surface area contributed by atoms with Crippen LogP contribution in [0.15, 0.2) is 78.9 Å². The molecule has 1 unspecified atom stereocenters. The molecule has 0 aliphatic heterocycles. The number of benzene rings is 3. The van der Waals surface area contributed by atoms with E-state index in [1.54, 1.807) is 24.3 Å². The van der Waals surface area contributed by atoms with Crippen molar-refractivity contribution in [1.29, 1.82) is 0 Å². The summed E-state index contributed by atoms with van der Waals surface area (Å²) in [5.41, 5.74) is 3.03. The molecule has 5 nitrogen and oxygen atoms in total. The molecule has 5 heteroatoms. The van der Waals surface area contributed by atoms with E-state index in [9.17, 15) is 9.59 Å². The van der Waals surface area contributed by atoms with Crippen molar-refractivity contribution in [2.45, 2.75) is 32.9 Å². The van der Waals surface area contributed by atoms with E-state index in [0.717, 1.165) is 11.1 Å². The standard InChI is InChI=1S/C25H26N2O3/c1-3-22(30-23-15-8-7-10-18(23)2)25(29)27-21-14-9-13-20(16-21)24(28)26-17-19-11-5-4-6-12-19/h4-16,22H,3,17H2,1-2H3,(H,26,28)(H,27,29). The van der Waals surface area contributed by atoms with E-state index in [-0.39, 0.29) is 11.8 Å². The number of rotatable bonds is 8. The topological polar surface area (TPSA) is 67.4 Å². The van der Waals surface area contributed by atoms with Crippen molar-refractivity contribution in [1.82, 2.24) is 5.32 Å². The van der Waals surface area contributed by atoms with Gasteiger partial charge in [0.15, 0.2) is 6.10 Å². The summed E-state index contributed by atoms with van der Waals surface area (Å²) in [6.45, 7) is 4.28. The third kappa shape index (κ3) is 5.70. The number of para-hydroxylation sites is 1. The van der Waals surface area contributed by atoms with Gasteiger partial charge < -0.3 is 15.4 Å². The minimum Gasteiger partial charge on any atom is -0.480 e. The van der Waals surface area contributed by atoms with Crippen molar-refractivity contribution in [3.05, 3.63) is 95.6 Å². The summed E-state index contributed by atoms with van der Waals surface area (Å²) in [5.74, 6) is 0.245. The van der Waals surface area contributed by atoms with Crippen LogP contribution >= 0.6 is 0 Å². The molecular formula is C25H26N2O3. The first-order chi connectivity index (χ1) is 14.6. The molecule has 0 saturated carbocycles. The zero-order valence-electron chi connectivity index (χ0n) is 17.2. The molecule has 2 amide bonds. The van der Waals surface area contributed by atoms with Gasteiger partial charge in [-0.1, -0.05) is 61.5 Å². The van der Waals surface area contributed by atoms with Crippen LogP contribution in [0.3, 0.4) is 0 Å². The van der Waals surface area contributed by atoms with Gasteiger partial charge in [0, 0.05) is 17.8 Å². The van der Waals surface area contributed by atoms with Crippen LogP contribution in [0.4, 0.5) is 5.69 Å². The van der Waals surface area contributed by atoms with E-state index in [1.165, 1.54) is 0 Å². The van der Waals surface area contributed by atoms with Crippen LogP contribution in [0, 0.1) is 6.92 Å². The van der Waals surface area contributed by atoms with E-state index in [2.05, 4.69) is 10.6 Å². The first-order valence-corrected chi connectivity index (χ1v) is 10.0. The van der Waals surface area contributed by atoms with Gasteiger partial charge in [-0.25, -0.2) is 0 Å². The van der Waals surface area contributed by atoms with Gasteiger partial charge in [0.05, 0.1) is 0 Å². The third-order valence-corrected chi connectivity index (χ3v) is 4.71. The summed E-state index contributed by atoms with van der Waals surface area (Å²) in [4.78, 5) is 25.2. The van der Waals surface area contributed by atoms with Gasteiger partial charge in [-0.15, -0.1) is 0 Å². The first-order valence-electron chi connectivity index (χ1n) is 10.0. The second kappa shape index (κ2) is 10.3. The highest BCUT2D eigenvalue weighted by atomic mass is 16.5. The maximum Gasteiger partial charge on any atom is 0.265 e. The van der Waals surface area contributed by atoms with Crippen LogP contribution in [0.2, 0.25) is 0 Å². The minimum absolute atomic E-state index is 0.196. The maximum absolute atomic E-state index is 12.7. The summed E-state index contributed by atoms with van der Waals surface area (Å²) < 4.78 is 5.90. The largest absolute Gasteiger partial charge is 0.480 e. The molecule has 0 aliphatic rings. The molecule has 0 aliphatic carbocycles. The number of carbonyl (C=O) groups excluding carboxylic acids is 2. The molecule has 3 aromatic carbocycles. The Labute approximate surface area is 177 Å². The highest BCUT2D eigenvalue weighted by Crippen LogP contribution is 2.20. The zero-order valence-corrected chi connectivity index (χ0v) is 17.2. The lowest BCUT2D eigenvalue weighted by Crippen LogP contribution is -2.32. The van der Waals surface area contributed by atoms with Crippen LogP contribution < -0.4 is 15.4 Å². The van der Waals surface area contributed by atoms with Crippen molar-refractivity contribution < 1.29 is 14.3 Å². The van der Waals surface area contributed by atoms with Crippen molar-refractivity contribution in [2.75, 3.05) is 5.32 Å². The van der Waals surface area contributed by atoms with E-state index in [1.807, 2.05) is 68.4 Å². The number of nitrogens with one attached hydrogen (secondary N) is 2. The van der Waals surface area contributed by atoms with Crippen LogP contribution in [0.5, 0.6) is 5.75 Å². The molecule has 0 aromatic heterocycles. The Morgan fingerprint density at radius 1 is 0.933 bits per heavy atom. The second-order valence-electron chi connectivity index (χ2n) is 7.02. The van der Waals surface area contributed by atoms with Crippen LogP contribution in [0.25, 0.3) is 0 Å². The normalized spacial score (nSPS) is 11.4. The number of carbonyl (C=O) groups is 2. The molecule has 1 atom stereocenters. The summed E-state index contributed by atoms with van der Waals surface area (Å²) >= 11 is 0. The molecule has 154 valence electrons. The zero-order chi connectivity index (χ0) is 21.3. The van der Waals surface area contributed by atoms with Crippen LogP contribution in [-0.2, 0) is 11.3 Å². The fraction of sp³-hybridized carbons (Fsp3) is 0.200. The first kappa shape index (κ1) is 21.1. The Morgan fingerprint density at radius 3 is 2.40 bits per heavy atom. The minimum atomic E-state index is -0.623. The lowest BCUT2D eigenvalue weighted by molar-refractivity contribution is -0.122. The summed E-state index contributed by atoms with van der Waals surface area (Å²) in [7, 11) is 0.